The number of rotatable bonds is 31. The lowest BCUT2D eigenvalue weighted by molar-refractivity contribution is -0.142. The van der Waals surface area contributed by atoms with Crippen LogP contribution in [0.3, 0.4) is 0 Å². The van der Waals surface area contributed by atoms with Crippen LogP contribution in [0.15, 0.2) is 60.7 Å². The van der Waals surface area contributed by atoms with Gasteiger partial charge in [-0.05, 0) is 48.3 Å². The number of nitrogens with two attached hydrogens (primary N) is 2. The molecule has 67 heavy (non-hydrogen) atoms. The van der Waals surface area contributed by atoms with E-state index in [2.05, 4.69) is 49.8 Å². The second-order valence-corrected chi connectivity index (χ2v) is 17.0. The number of carboxylic acids is 2. The first kappa shape index (κ1) is 56.9. The highest BCUT2D eigenvalue weighted by atomic mass is 32.2. The fraction of sp³-hybridized carbons (Fsp3) is 0.500. The number of hydrogen-bond acceptors (Lipinski definition) is 13. The van der Waals surface area contributed by atoms with Crippen molar-refractivity contribution in [2.24, 2.45) is 17.4 Å². The molecule has 0 spiro atoms. The average Bonchev–Trinajstić information content (AvgIpc) is 3.30. The maximum atomic E-state index is 14.4. The fourth-order valence-electron chi connectivity index (χ4n) is 6.46. The SMILES string of the molecule is CC[C@H](C)[C@H](NC(=O)[C@H](Cc1ccccc1)NC(=O)[C@H](Cc1ccccc1)NC(=O)[C@H](CCC(N)=O)NC(=O)[C@H](CCSC)NC(=O)[C@H](CCC(=O)O)NC(=O)CN)C(=O)N[C@@H](CS)C(=O)O. The number of thiol groups is 1. The number of carbonyl (C=O) groups excluding carboxylic acids is 8. The lowest BCUT2D eigenvalue weighted by Gasteiger charge is -2.29. The van der Waals surface area contributed by atoms with Gasteiger partial charge in [-0.15, -0.1) is 0 Å². The minimum atomic E-state index is -1.52. The number of hydrogen-bond donors (Lipinski definition) is 12. The van der Waals surface area contributed by atoms with Gasteiger partial charge in [0.1, 0.15) is 42.3 Å². The van der Waals surface area contributed by atoms with E-state index in [4.69, 9.17) is 11.5 Å². The second kappa shape index (κ2) is 30.2. The maximum Gasteiger partial charge on any atom is 0.327 e. The van der Waals surface area contributed by atoms with Crippen LogP contribution in [0.5, 0.6) is 0 Å². The molecule has 0 heterocycles. The van der Waals surface area contributed by atoms with Crippen LogP contribution < -0.4 is 48.7 Å². The fourth-order valence-corrected chi connectivity index (χ4v) is 7.18. The van der Waals surface area contributed by atoms with E-state index in [0.717, 1.165) is 0 Å². The van der Waals surface area contributed by atoms with Gasteiger partial charge in [0.25, 0.3) is 0 Å². The van der Waals surface area contributed by atoms with Crippen LogP contribution in [0.25, 0.3) is 0 Å². The van der Waals surface area contributed by atoms with Crippen molar-refractivity contribution in [1.29, 1.82) is 0 Å². The zero-order valence-corrected chi connectivity index (χ0v) is 39.4. The van der Waals surface area contributed by atoms with Crippen LogP contribution in [0.1, 0.15) is 63.5 Å². The summed E-state index contributed by atoms with van der Waals surface area (Å²) in [5, 5.41) is 36.6. The van der Waals surface area contributed by atoms with Crippen molar-refractivity contribution < 1.29 is 58.2 Å². The Labute approximate surface area is 398 Å². The van der Waals surface area contributed by atoms with Crippen molar-refractivity contribution in [3.8, 4) is 0 Å². The lowest BCUT2D eigenvalue weighted by Crippen LogP contribution is -2.61. The molecule has 0 fully saturated rings. The molecule has 8 atom stereocenters. The quantitative estimate of drug-likeness (QED) is 0.0394. The van der Waals surface area contributed by atoms with Crippen molar-refractivity contribution in [3.05, 3.63) is 71.8 Å². The maximum absolute atomic E-state index is 14.4. The standard InChI is InChI=1S/C44H63N9O12S2/c1-4-25(2)37(43(63)52-33(24-66)44(64)65)53-42(62)32(22-27-13-9-6-10-14-27)51-41(61)31(21-26-11-7-5-8-12-26)50-39(59)29(15-17-34(46)54)48-40(60)30(19-20-67-3)49-38(58)28(16-18-36(56)57)47-35(55)23-45/h5-14,25,28-33,37,66H,4,15-24,45H2,1-3H3,(H2,46,54)(H,47,55)(H,48,60)(H,49,58)(H,50,59)(H,51,61)(H,52,63)(H,53,62)(H,56,57)(H,64,65)/t25-,28-,29-,30-,31-,32-,33-,37-/m0/s1. The van der Waals surface area contributed by atoms with E-state index >= 15 is 0 Å². The Morgan fingerprint density at radius 1 is 0.597 bits per heavy atom. The summed E-state index contributed by atoms with van der Waals surface area (Å²) in [5.41, 5.74) is 12.0. The van der Waals surface area contributed by atoms with Gasteiger partial charge in [-0.1, -0.05) is 80.9 Å². The first-order valence-electron chi connectivity index (χ1n) is 21.6. The summed E-state index contributed by atoms with van der Waals surface area (Å²) in [5.74, 6) is -9.68. The molecule has 0 aliphatic rings. The van der Waals surface area contributed by atoms with E-state index in [9.17, 15) is 58.2 Å². The van der Waals surface area contributed by atoms with Gasteiger partial charge in [0.15, 0.2) is 0 Å². The van der Waals surface area contributed by atoms with Gasteiger partial charge in [0.2, 0.25) is 47.3 Å². The number of nitrogens with one attached hydrogen (secondary N) is 7. The van der Waals surface area contributed by atoms with E-state index in [1.165, 1.54) is 11.8 Å². The smallest absolute Gasteiger partial charge is 0.327 e. The molecule has 2 aromatic rings. The third-order valence-corrected chi connectivity index (χ3v) is 11.5. The number of benzene rings is 2. The number of carboxylic acid groups (broad SMARTS) is 2. The normalized spacial score (nSPS) is 14.5. The summed E-state index contributed by atoms with van der Waals surface area (Å²) in [6.07, 6.45) is 0.355. The van der Waals surface area contributed by atoms with Crippen molar-refractivity contribution in [2.45, 2.75) is 108 Å². The molecule has 0 bridgehead atoms. The highest BCUT2D eigenvalue weighted by Crippen LogP contribution is 2.13. The topological polar surface area (TPSA) is 347 Å². The highest BCUT2D eigenvalue weighted by molar-refractivity contribution is 7.98. The van der Waals surface area contributed by atoms with Crippen molar-refractivity contribution in [1.82, 2.24) is 37.2 Å². The molecule has 21 nitrogen and oxygen atoms in total. The van der Waals surface area contributed by atoms with E-state index in [1.54, 1.807) is 80.8 Å². The molecule has 0 aliphatic carbocycles. The summed E-state index contributed by atoms with van der Waals surface area (Å²) in [6, 6.07) is 7.54. The van der Waals surface area contributed by atoms with E-state index < -0.39 is 127 Å². The predicted octanol–water partition coefficient (Wildman–Crippen LogP) is -1.23. The Hall–Kier alpha value is -6.20. The number of primary amides is 1. The molecule has 2 rings (SSSR count). The molecule has 23 heteroatoms. The Kier molecular flexibility index (Phi) is 25.6. The first-order valence-corrected chi connectivity index (χ1v) is 23.6. The van der Waals surface area contributed by atoms with Crippen LogP contribution >= 0.6 is 24.4 Å². The van der Waals surface area contributed by atoms with Gasteiger partial charge >= 0.3 is 11.9 Å². The summed E-state index contributed by atoms with van der Waals surface area (Å²) in [4.78, 5) is 131. The van der Waals surface area contributed by atoms with Gasteiger partial charge in [-0.3, -0.25) is 43.2 Å². The van der Waals surface area contributed by atoms with Crippen LogP contribution in [0.4, 0.5) is 0 Å². The van der Waals surface area contributed by atoms with Gasteiger partial charge in [-0.2, -0.15) is 24.4 Å². The van der Waals surface area contributed by atoms with Crippen molar-refractivity contribution in [2.75, 3.05) is 24.3 Å². The third kappa shape index (κ3) is 20.9. The number of aliphatic carboxylic acids is 2. The molecule has 0 saturated carbocycles. The Morgan fingerprint density at radius 2 is 1.01 bits per heavy atom. The van der Waals surface area contributed by atoms with Crippen molar-refractivity contribution >= 4 is 83.6 Å². The molecule has 13 N–H and O–H groups in total. The van der Waals surface area contributed by atoms with Crippen LogP contribution in [-0.2, 0) is 60.8 Å². The molecular formula is C44H63N9O12S2. The largest absolute Gasteiger partial charge is 0.481 e. The van der Waals surface area contributed by atoms with Crippen molar-refractivity contribution in [3.63, 3.8) is 0 Å². The summed E-state index contributed by atoms with van der Waals surface area (Å²) >= 11 is 5.34. The summed E-state index contributed by atoms with van der Waals surface area (Å²) in [7, 11) is 0. The Balaban J connectivity index is 2.53. The van der Waals surface area contributed by atoms with E-state index in [0.29, 0.717) is 23.3 Å². The van der Waals surface area contributed by atoms with Crippen LogP contribution in [-0.4, -0.2) is 136 Å². The third-order valence-electron chi connectivity index (χ3n) is 10.5. The molecule has 2 aromatic carbocycles. The average molecular weight is 974 g/mol. The number of amides is 8. The van der Waals surface area contributed by atoms with Gasteiger partial charge in [0, 0.05) is 31.4 Å². The lowest BCUT2D eigenvalue weighted by atomic mass is 9.96. The monoisotopic (exact) mass is 973 g/mol. The predicted molar refractivity (Wildman–Crippen MR) is 252 cm³/mol. The van der Waals surface area contributed by atoms with Crippen LogP contribution in [0.2, 0.25) is 0 Å². The zero-order valence-electron chi connectivity index (χ0n) is 37.7. The molecule has 368 valence electrons. The van der Waals surface area contributed by atoms with Crippen LogP contribution in [0, 0.1) is 5.92 Å². The minimum Gasteiger partial charge on any atom is -0.481 e. The highest BCUT2D eigenvalue weighted by Gasteiger charge is 2.35. The molecule has 8 amide bonds. The molecule has 0 radical (unpaired) electrons. The first-order chi connectivity index (χ1) is 31.8. The molecule has 0 aliphatic heterocycles. The number of thioether (sulfide) groups is 1. The zero-order chi connectivity index (χ0) is 50.1. The molecule has 0 unspecified atom stereocenters. The Morgan fingerprint density at radius 3 is 1.43 bits per heavy atom. The molecule has 0 aromatic heterocycles. The summed E-state index contributed by atoms with van der Waals surface area (Å²) in [6.45, 7) is 2.96. The summed E-state index contributed by atoms with van der Waals surface area (Å²) < 4.78 is 0. The molecule has 0 saturated heterocycles. The van der Waals surface area contributed by atoms with Gasteiger partial charge in [-0.25, -0.2) is 4.79 Å². The second-order valence-electron chi connectivity index (χ2n) is 15.6. The van der Waals surface area contributed by atoms with Gasteiger partial charge in [0.05, 0.1) is 6.54 Å². The minimum absolute atomic E-state index is 0.0121. The van der Waals surface area contributed by atoms with E-state index in [1.807, 2.05) is 0 Å². The van der Waals surface area contributed by atoms with Gasteiger partial charge < -0.3 is 58.9 Å². The molecular weight excluding hydrogens is 911 g/mol. The Bertz CT molecular complexity index is 2000. The van der Waals surface area contributed by atoms with E-state index in [-0.39, 0.29) is 37.9 Å². The number of carbonyl (C=O) groups is 10.